The van der Waals surface area contributed by atoms with Gasteiger partial charge in [-0.15, -0.1) is 0 Å². The van der Waals surface area contributed by atoms with E-state index in [2.05, 4.69) is 4.98 Å². The quantitative estimate of drug-likeness (QED) is 0.856. The molecule has 0 aliphatic rings. The molecule has 0 aliphatic carbocycles. The van der Waals surface area contributed by atoms with E-state index >= 15 is 0 Å². The molecule has 3 nitrogen and oxygen atoms in total. The van der Waals surface area contributed by atoms with Crippen LogP contribution >= 0.6 is 0 Å². The molecule has 0 aliphatic heterocycles. The highest BCUT2D eigenvalue weighted by atomic mass is 16.5. The van der Waals surface area contributed by atoms with Gasteiger partial charge in [0.25, 0.3) is 0 Å². The van der Waals surface area contributed by atoms with Crippen molar-refractivity contribution in [2.45, 2.75) is 12.5 Å². The van der Waals surface area contributed by atoms with Crippen molar-refractivity contribution in [1.82, 2.24) is 4.98 Å². The summed E-state index contributed by atoms with van der Waals surface area (Å²) in [5, 5.41) is 12.4. The number of ether oxygens (including phenoxy) is 1. The van der Waals surface area contributed by atoms with Gasteiger partial charge in [-0.05, 0) is 23.9 Å². The average Bonchev–Trinajstić information content (AvgIpc) is 2.28. The summed E-state index contributed by atoms with van der Waals surface area (Å²) in [5.74, 6) is 0. The molecule has 0 radical (unpaired) electrons. The van der Waals surface area contributed by atoms with Gasteiger partial charge in [0.1, 0.15) is 5.60 Å². The Morgan fingerprint density at radius 2 is 2.19 bits per heavy atom. The average molecular weight is 217 g/mol. The van der Waals surface area contributed by atoms with E-state index in [1.807, 2.05) is 24.3 Å². The van der Waals surface area contributed by atoms with Crippen molar-refractivity contribution in [2.24, 2.45) is 0 Å². The maximum Gasteiger partial charge on any atom is 0.111 e. The predicted octanol–water partition coefficient (Wildman–Crippen LogP) is 2.09. The SMILES string of the molecule is COCC(C)(O)c1cccc2cnccc12. The zero-order chi connectivity index (χ0) is 11.6. The van der Waals surface area contributed by atoms with Crippen LogP contribution in [0.4, 0.5) is 0 Å². The maximum absolute atomic E-state index is 10.3. The summed E-state index contributed by atoms with van der Waals surface area (Å²) < 4.78 is 5.04. The number of pyridine rings is 1. The van der Waals surface area contributed by atoms with Crippen LogP contribution in [0.1, 0.15) is 12.5 Å². The lowest BCUT2D eigenvalue weighted by molar-refractivity contribution is -0.0197. The van der Waals surface area contributed by atoms with Crippen molar-refractivity contribution in [1.29, 1.82) is 0 Å². The fraction of sp³-hybridized carbons (Fsp3) is 0.308. The first-order chi connectivity index (χ1) is 7.65. The molecule has 84 valence electrons. The molecule has 0 saturated carbocycles. The Morgan fingerprint density at radius 3 is 2.94 bits per heavy atom. The molecule has 0 amide bonds. The number of hydrogen-bond acceptors (Lipinski definition) is 3. The van der Waals surface area contributed by atoms with Gasteiger partial charge in [-0.3, -0.25) is 4.98 Å². The number of nitrogens with zero attached hydrogens (tertiary/aromatic N) is 1. The molecule has 3 heteroatoms. The van der Waals surface area contributed by atoms with Gasteiger partial charge in [0.15, 0.2) is 0 Å². The van der Waals surface area contributed by atoms with Crippen molar-refractivity contribution >= 4 is 10.8 Å². The zero-order valence-corrected chi connectivity index (χ0v) is 9.47. The Hall–Kier alpha value is -1.45. The van der Waals surface area contributed by atoms with Gasteiger partial charge < -0.3 is 9.84 Å². The summed E-state index contributed by atoms with van der Waals surface area (Å²) >= 11 is 0. The van der Waals surface area contributed by atoms with Crippen LogP contribution < -0.4 is 0 Å². The van der Waals surface area contributed by atoms with E-state index in [-0.39, 0.29) is 6.61 Å². The van der Waals surface area contributed by atoms with Gasteiger partial charge in [0.2, 0.25) is 0 Å². The standard InChI is InChI=1S/C13H15NO2/c1-13(15,9-16-2)12-5-3-4-10-8-14-7-6-11(10)12/h3-8,15H,9H2,1-2H3. The molecule has 2 aromatic rings. The minimum atomic E-state index is -0.977. The van der Waals surface area contributed by atoms with E-state index in [0.29, 0.717) is 0 Å². The lowest BCUT2D eigenvalue weighted by atomic mass is 9.92. The highest BCUT2D eigenvalue weighted by molar-refractivity contribution is 5.85. The fourth-order valence-electron chi connectivity index (χ4n) is 1.95. The minimum Gasteiger partial charge on any atom is -0.383 e. The van der Waals surface area contributed by atoms with Crippen LogP contribution in [-0.2, 0) is 10.3 Å². The Kier molecular flexibility index (Phi) is 2.90. The van der Waals surface area contributed by atoms with Crippen LogP contribution in [0.2, 0.25) is 0 Å². The molecule has 1 unspecified atom stereocenters. The second kappa shape index (κ2) is 4.20. The number of methoxy groups -OCH3 is 1. The van der Waals surface area contributed by atoms with E-state index < -0.39 is 5.60 Å². The van der Waals surface area contributed by atoms with Gasteiger partial charge >= 0.3 is 0 Å². The van der Waals surface area contributed by atoms with Gasteiger partial charge in [0.05, 0.1) is 6.61 Å². The first kappa shape index (κ1) is 11.0. The largest absolute Gasteiger partial charge is 0.383 e. The highest BCUT2D eigenvalue weighted by Crippen LogP contribution is 2.28. The molecule has 1 aromatic carbocycles. The van der Waals surface area contributed by atoms with Gasteiger partial charge in [-0.2, -0.15) is 0 Å². The third-order valence-electron chi connectivity index (χ3n) is 2.69. The molecule has 1 atom stereocenters. The van der Waals surface area contributed by atoms with E-state index in [4.69, 9.17) is 4.74 Å². The van der Waals surface area contributed by atoms with Gasteiger partial charge in [-0.1, -0.05) is 18.2 Å². The van der Waals surface area contributed by atoms with Crippen LogP contribution in [0.15, 0.2) is 36.7 Å². The fourth-order valence-corrected chi connectivity index (χ4v) is 1.95. The van der Waals surface area contributed by atoms with Crippen LogP contribution in [0.5, 0.6) is 0 Å². The minimum absolute atomic E-state index is 0.272. The van der Waals surface area contributed by atoms with Crippen LogP contribution in [0, 0.1) is 0 Å². The summed E-state index contributed by atoms with van der Waals surface area (Å²) in [6.45, 7) is 2.03. The third kappa shape index (κ3) is 1.92. The number of fused-ring (bicyclic) bond motifs is 1. The molecular formula is C13H15NO2. The molecule has 0 saturated heterocycles. The number of benzene rings is 1. The van der Waals surface area contributed by atoms with Crippen molar-refractivity contribution < 1.29 is 9.84 Å². The van der Waals surface area contributed by atoms with Crippen molar-refractivity contribution in [3.63, 3.8) is 0 Å². The molecule has 0 spiro atoms. The summed E-state index contributed by atoms with van der Waals surface area (Å²) in [6, 6.07) is 7.73. The molecule has 1 heterocycles. The van der Waals surface area contributed by atoms with E-state index in [0.717, 1.165) is 16.3 Å². The smallest absolute Gasteiger partial charge is 0.111 e. The Labute approximate surface area is 94.7 Å². The predicted molar refractivity (Wildman–Crippen MR) is 63.2 cm³/mol. The van der Waals surface area contributed by atoms with Crippen LogP contribution in [0.25, 0.3) is 10.8 Å². The van der Waals surface area contributed by atoms with Gasteiger partial charge in [-0.25, -0.2) is 0 Å². The van der Waals surface area contributed by atoms with Crippen LogP contribution in [0.3, 0.4) is 0 Å². The van der Waals surface area contributed by atoms with E-state index in [9.17, 15) is 5.11 Å². The monoisotopic (exact) mass is 217 g/mol. The molecule has 0 bridgehead atoms. The van der Waals surface area contributed by atoms with Crippen molar-refractivity contribution in [2.75, 3.05) is 13.7 Å². The lowest BCUT2D eigenvalue weighted by Gasteiger charge is -2.24. The highest BCUT2D eigenvalue weighted by Gasteiger charge is 2.24. The Balaban J connectivity index is 2.60. The first-order valence-corrected chi connectivity index (χ1v) is 5.20. The Morgan fingerprint density at radius 1 is 1.38 bits per heavy atom. The third-order valence-corrected chi connectivity index (χ3v) is 2.69. The van der Waals surface area contributed by atoms with Gasteiger partial charge in [0, 0.05) is 24.9 Å². The summed E-state index contributed by atoms with van der Waals surface area (Å²) in [6.07, 6.45) is 3.52. The summed E-state index contributed by atoms with van der Waals surface area (Å²) in [7, 11) is 1.58. The summed E-state index contributed by atoms with van der Waals surface area (Å²) in [4.78, 5) is 4.07. The van der Waals surface area contributed by atoms with Crippen LogP contribution in [-0.4, -0.2) is 23.8 Å². The molecule has 2 rings (SSSR count). The van der Waals surface area contributed by atoms with E-state index in [1.165, 1.54) is 0 Å². The zero-order valence-electron chi connectivity index (χ0n) is 9.47. The second-order valence-corrected chi connectivity index (χ2v) is 4.11. The maximum atomic E-state index is 10.3. The molecule has 1 N–H and O–H groups in total. The number of rotatable bonds is 3. The number of aliphatic hydroxyl groups is 1. The number of aromatic nitrogens is 1. The van der Waals surface area contributed by atoms with Crippen molar-refractivity contribution in [3.05, 3.63) is 42.2 Å². The lowest BCUT2D eigenvalue weighted by Crippen LogP contribution is -2.27. The summed E-state index contributed by atoms with van der Waals surface area (Å²) in [5.41, 5.74) is -0.107. The molecule has 1 aromatic heterocycles. The second-order valence-electron chi connectivity index (χ2n) is 4.11. The Bertz CT molecular complexity index is 489. The molecule has 0 fully saturated rings. The first-order valence-electron chi connectivity index (χ1n) is 5.20. The topological polar surface area (TPSA) is 42.4 Å². The van der Waals surface area contributed by atoms with Crippen molar-refractivity contribution in [3.8, 4) is 0 Å². The normalized spacial score (nSPS) is 14.9. The number of hydrogen-bond donors (Lipinski definition) is 1. The molecule has 16 heavy (non-hydrogen) atoms. The van der Waals surface area contributed by atoms with E-state index in [1.54, 1.807) is 26.4 Å². The molecular weight excluding hydrogens is 202 g/mol.